The van der Waals surface area contributed by atoms with E-state index < -0.39 is 29.5 Å². The lowest BCUT2D eigenvalue weighted by Crippen LogP contribution is -2.40. The third-order valence-corrected chi connectivity index (χ3v) is 1.89. The molecule has 0 heterocycles. The first-order valence-electron chi connectivity index (χ1n) is 5.11. The van der Waals surface area contributed by atoms with Gasteiger partial charge in [-0.15, -0.1) is 0 Å². The van der Waals surface area contributed by atoms with Crippen molar-refractivity contribution in [2.45, 2.75) is 32.7 Å². The summed E-state index contributed by atoms with van der Waals surface area (Å²) >= 11 is 0. The molecule has 0 saturated carbocycles. The van der Waals surface area contributed by atoms with Crippen molar-refractivity contribution in [2.24, 2.45) is 0 Å². The molecule has 5 nitrogen and oxygen atoms in total. The van der Waals surface area contributed by atoms with Gasteiger partial charge in [0.1, 0.15) is 0 Å². The topological polar surface area (TPSA) is 59.8 Å². The van der Waals surface area contributed by atoms with Crippen LogP contribution in [0.4, 0.5) is 8.78 Å². The average Bonchev–Trinajstić information content (AvgIpc) is 2.28. The Hall–Kier alpha value is -1.97. The summed E-state index contributed by atoms with van der Waals surface area (Å²) in [7, 11) is 0. The zero-order valence-corrected chi connectivity index (χ0v) is 10.3. The molecule has 0 fully saturated rings. The molecule has 100 valence electrons. The Kier molecular flexibility index (Phi) is 5.96. The van der Waals surface area contributed by atoms with Gasteiger partial charge in [0, 0.05) is 19.9 Å². The largest absolute Gasteiger partial charge is 0.463 e. The van der Waals surface area contributed by atoms with E-state index in [4.69, 9.17) is 6.57 Å². The minimum absolute atomic E-state index is 0.0351. The van der Waals surface area contributed by atoms with Gasteiger partial charge in [-0.05, 0) is 6.92 Å². The Morgan fingerprint density at radius 3 is 2.44 bits per heavy atom. The maximum absolute atomic E-state index is 12.6. The molecule has 0 radical (unpaired) electrons. The summed E-state index contributed by atoms with van der Waals surface area (Å²) in [5.41, 5.74) is -2.36. The zero-order valence-electron chi connectivity index (χ0n) is 10.3. The number of amides is 1. The fourth-order valence-corrected chi connectivity index (χ4v) is 0.799. The first kappa shape index (κ1) is 16.0. The van der Waals surface area contributed by atoms with E-state index in [9.17, 15) is 18.4 Å². The highest BCUT2D eigenvalue weighted by Gasteiger charge is 2.35. The van der Waals surface area contributed by atoms with E-state index in [-0.39, 0.29) is 6.61 Å². The first-order chi connectivity index (χ1) is 8.24. The quantitative estimate of drug-likeness (QED) is 0.463. The van der Waals surface area contributed by atoms with Crippen LogP contribution in [0.15, 0.2) is 11.8 Å². The maximum Gasteiger partial charge on any atom is 0.332 e. The molecule has 7 heteroatoms. The number of halogens is 2. The third kappa shape index (κ3) is 4.91. The SMILES string of the molecule is [C-]#[N+]C(C)(C)C(=O)N/C(=C\C(=O)OCC)C(F)F. The van der Waals surface area contributed by atoms with Crippen LogP contribution in [0.1, 0.15) is 20.8 Å². The van der Waals surface area contributed by atoms with Gasteiger partial charge in [-0.25, -0.2) is 20.1 Å². The lowest BCUT2D eigenvalue weighted by molar-refractivity contribution is -0.137. The van der Waals surface area contributed by atoms with E-state index in [2.05, 4.69) is 9.58 Å². The van der Waals surface area contributed by atoms with Crippen molar-refractivity contribution in [3.05, 3.63) is 23.2 Å². The molecule has 0 spiro atoms. The third-order valence-electron chi connectivity index (χ3n) is 1.89. The van der Waals surface area contributed by atoms with Gasteiger partial charge >= 0.3 is 17.4 Å². The molecule has 0 atom stereocenters. The van der Waals surface area contributed by atoms with Gasteiger partial charge in [0.2, 0.25) is 0 Å². The molecular formula is C11H14F2N2O3. The Bertz CT molecular complexity index is 398. The highest BCUT2D eigenvalue weighted by Crippen LogP contribution is 2.12. The van der Waals surface area contributed by atoms with Crippen LogP contribution in [0, 0.1) is 6.57 Å². The van der Waals surface area contributed by atoms with Crippen LogP contribution in [0.3, 0.4) is 0 Å². The molecule has 0 aliphatic heterocycles. The highest BCUT2D eigenvalue weighted by molar-refractivity contribution is 5.90. The van der Waals surface area contributed by atoms with E-state index in [1.807, 2.05) is 5.32 Å². The Labute approximate surface area is 104 Å². The summed E-state index contributed by atoms with van der Waals surface area (Å²) in [6, 6.07) is 0. The minimum atomic E-state index is -3.04. The number of carbonyl (C=O) groups excluding carboxylic acids is 2. The van der Waals surface area contributed by atoms with E-state index in [0.29, 0.717) is 6.08 Å². The van der Waals surface area contributed by atoms with Crippen molar-refractivity contribution in [3.8, 4) is 0 Å². The van der Waals surface area contributed by atoms with Crippen LogP contribution in [0.25, 0.3) is 4.85 Å². The number of nitrogens with zero attached hydrogens (tertiary/aromatic N) is 1. The number of ether oxygens (including phenoxy) is 1. The van der Waals surface area contributed by atoms with Gasteiger partial charge in [0.25, 0.3) is 6.43 Å². The second kappa shape index (κ2) is 6.69. The molecule has 0 aliphatic carbocycles. The molecule has 0 rings (SSSR count). The van der Waals surface area contributed by atoms with Crippen LogP contribution in [0.2, 0.25) is 0 Å². The van der Waals surface area contributed by atoms with Gasteiger partial charge in [-0.3, -0.25) is 4.79 Å². The van der Waals surface area contributed by atoms with Crippen LogP contribution < -0.4 is 5.32 Å². The summed E-state index contributed by atoms with van der Waals surface area (Å²) in [6.07, 6.45) is -2.54. The van der Waals surface area contributed by atoms with Crippen LogP contribution in [-0.4, -0.2) is 30.4 Å². The predicted molar refractivity (Wildman–Crippen MR) is 59.5 cm³/mol. The second-order valence-electron chi connectivity index (χ2n) is 3.78. The fraction of sp³-hybridized carbons (Fsp3) is 0.545. The number of rotatable bonds is 5. The monoisotopic (exact) mass is 260 g/mol. The van der Waals surface area contributed by atoms with Crippen molar-refractivity contribution >= 4 is 11.9 Å². The molecule has 0 unspecified atom stereocenters. The van der Waals surface area contributed by atoms with Gasteiger partial charge < -0.3 is 14.9 Å². The molecular weight excluding hydrogens is 246 g/mol. The summed E-state index contributed by atoms with van der Waals surface area (Å²) in [4.78, 5) is 25.5. The van der Waals surface area contributed by atoms with Gasteiger partial charge in [-0.2, -0.15) is 0 Å². The molecule has 18 heavy (non-hydrogen) atoms. The molecule has 0 bridgehead atoms. The van der Waals surface area contributed by atoms with E-state index in [0.717, 1.165) is 0 Å². The van der Waals surface area contributed by atoms with E-state index in [1.54, 1.807) is 0 Å². The lowest BCUT2D eigenvalue weighted by Gasteiger charge is -2.13. The minimum Gasteiger partial charge on any atom is -0.463 e. The van der Waals surface area contributed by atoms with Crippen molar-refractivity contribution < 1.29 is 23.1 Å². The highest BCUT2D eigenvalue weighted by atomic mass is 19.3. The molecule has 0 aromatic heterocycles. The number of esters is 1. The van der Waals surface area contributed by atoms with Crippen molar-refractivity contribution in [3.63, 3.8) is 0 Å². The van der Waals surface area contributed by atoms with Crippen molar-refractivity contribution in [1.29, 1.82) is 0 Å². The Balaban J connectivity index is 4.92. The molecule has 1 N–H and O–H groups in total. The number of alkyl halides is 2. The second-order valence-corrected chi connectivity index (χ2v) is 3.78. The van der Waals surface area contributed by atoms with E-state index >= 15 is 0 Å². The number of allylic oxidation sites excluding steroid dienone is 1. The Morgan fingerprint density at radius 1 is 1.50 bits per heavy atom. The normalized spacial score (nSPS) is 11.9. The standard InChI is InChI=1S/C11H14F2N2O3/c1-5-18-8(16)6-7(9(12)13)15-10(17)11(2,3)14-4/h6,9H,5H2,1-3H3,(H,15,17)/b7-6-. The number of nitrogens with one attached hydrogen (secondary N) is 1. The summed E-state index contributed by atoms with van der Waals surface area (Å²) in [5, 5.41) is 1.85. The first-order valence-corrected chi connectivity index (χ1v) is 5.11. The van der Waals surface area contributed by atoms with Crippen molar-refractivity contribution in [2.75, 3.05) is 6.61 Å². The van der Waals surface area contributed by atoms with Crippen LogP contribution >= 0.6 is 0 Å². The summed E-state index contributed by atoms with van der Waals surface area (Å²) in [5.74, 6) is -1.89. The van der Waals surface area contributed by atoms with Crippen LogP contribution in [0.5, 0.6) is 0 Å². The summed E-state index contributed by atoms with van der Waals surface area (Å²) < 4.78 is 29.6. The average molecular weight is 260 g/mol. The number of hydrogen-bond donors (Lipinski definition) is 1. The van der Waals surface area contributed by atoms with Gasteiger partial charge in [0.05, 0.1) is 12.3 Å². The molecule has 0 aromatic rings. The van der Waals surface area contributed by atoms with Gasteiger partial charge in [-0.1, -0.05) is 0 Å². The molecule has 0 saturated heterocycles. The lowest BCUT2D eigenvalue weighted by atomic mass is 10.1. The maximum atomic E-state index is 12.6. The smallest absolute Gasteiger partial charge is 0.332 e. The Morgan fingerprint density at radius 2 is 2.06 bits per heavy atom. The predicted octanol–water partition coefficient (Wildman–Crippen LogP) is 1.51. The molecule has 0 aromatic carbocycles. The number of carbonyl (C=O) groups is 2. The molecule has 0 aliphatic rings. The van der Waals surface area contributed by atoms with Gasteiger partial charge in [0.15, 0.2) is 0 Å². The fourth-order valence-electron chi connectivity index (χ4n) is 0.799. The van der Waals surface area contributed by atoms with E-state index in [1.165, 1.54) is 20.8 Å². The van der Waals surface area contributed by atoms with Crippen molar-refractivity contribution in [1.82, 2.24) is 5.32 Å². The zero-order chi connectivity index (χ0) is 14.3. The number of hydrogen-bond acceptors (Lipinski definition) is 3. The molecule has 1 amide bonds. The van der Waals surface area contributed by atoms with Crippen LogP contribution in [-0.2, 0) is 14.3 Å². The summed E-state index contributed by atoms with van der Waals surface area (Å²) in [6.45, 7) is 10.9.